The molecule has 1 saturated carbocycles. The highest BCUT2D eigenvalue weighted by molar-refractivity contribution is 9.10. The molecule has 2 rings (SSSR count). The van der Waals surface area contributed by atoms with Crippen molar-refractivity contribution in [2.24, 2.45) is 0 Å². The molecule has 0 aromatic carbocycles. The fraction of sp³-hybridized carbons (Fsp3) is 0.545. The van der Waals surface area contributed by atoms with Gasteiger partial charge in [-0.25, -0.2) is 0 Å². The molecule has 0 amide bonds. The fourth-order valence-electron chi connectivity index (χ4n) is 1.81. The quantitative estimate of drug-likeness (QED) is 0.787. The Bertz CT molecular complexity index is 342. The molecule has 0 unspecified atom stereocenters. The summed E-state index contributed by atoms with van der Waals surface area (Å²) >= 11 is 5.07. The molecule has 0 saturated heterocycles. The second-order valence-corrected chi connectivity index (χ2v) is 5.88. The standard InChI is InChI=1S/C11H13BrO2S/c12-9-5-6-14-11(9)10(13)7-15-8-3-1-2-4-8/h5-6,8H,1-4,7H2. The van der Waals surface area contributed by atoms with Crippen molar-refractivity contribution < 1.29 is 9.21 Å². The van der Waals surface area contributed by atoms with Gasteiger partial charge >= 0.3 is 0 Å². The summed E-state index contributed by atoms with van der Waals surface area (Å²) in [4.78, 5) is 11.7. The van der Waals surface area contributed by atoms with Crippen LogP contribution in [0.1, 0.15) is 36.2 Å². The number of hydrogen-bond donors (Lipinski definition) is 0. The third-order valence-electron chi connectivity index (χ3n) is 2.62. The lowest BCUT2D eigenvalue weighted by Crippen LogP contribution is -2.05. The molecule has 0 N–H and O–H groups in total. The average molecular weight is 289 g/mol. The van der Waals surface area contributed by atoms with Gasteiger partial charge < -0.3 is 4.42 Å². The topological polar surface area (TPSA) is 30.2 Å². The number of hydrogen-bond acceptors (Lipinski definition) is 3. The zero-order valence-electron chi connectivity index (χ0n) is 8.37. The van der Waals surface area contributed by atoms with Crippen LogP contribution in [0.3, 0.4) is 0 Å². The molecule has 0 radical (unpaired) electrons. The van der Waals surface area contributed by atoms with E-state index in [1.807, 2.05) is 0 Å². The van der Waals surface area contributed by atoms with Crippen molar-refractivity contribution in [1.29, 1.82) is 0 Å². The zero-order chi connectivity index (χ0) is 10.7. The highest BCUT2D eigenvalue weighted by Gasteiger charge is 2.19. The average Bonchev–Trinajstić information content (AvgIpc) is 2.84. The first-order valence-electron chi connectivity index (χ1n) is 5.15. The summed E-state index contributed by atoms with van der Waals surface area (Å²) in [5.74, 6) is 1.08. The number of thioether (sulfide) groups is 1. The number of carbonyl (C=O) groups excluding carboxylic acids is 1. The second-order valence-electron chi connectivity index (χ2n) is 3.74. The highest BCUT2D eigenvalue weighted by atomic mass is 79.9. The molecule has 1 aliphatic rings. The van der Waals surface area contributed by atoms with Crippen LogP contribution in [-0.4, -0.2) is 16.8 Å². The minimum Gasteiger partial charge on any atom is -0.460 e. The van der Waals surface area contributed by atoms with Crippen LogP contribution in [-0.2, 0) is 0 Å². The van der Waals surface area contributed by atoms with E-state index in [9.17, 15) is 4.79 Å². The zero-order valence-corrected chi connectivity index (χ0v) is 10.8. The van der Waals surface area contributed by atoms with Crippen molar-refractivity contribution in [2.75, 3.05) is 5.75 Å². The van der Waals surface area contributed by atoms with Crippen LogP contribution in [0.4, 0.5) is 0 Å². The van der Waals surface area contributed by atoms with E-state index < -0.39 is 0 Å². The molecule has 15 heavy (non-hydrogen) atoms. The van der Waals surface area contributed by atoms with Crippen molar-refractivity contribution in [3.05, 3.63) is 22.6 Å². The Balaban J connectivity index is 1.84. The van der Waals surface area contributed by atoms with Crippen LogP contribution in [0.15, 0.2) is 21.2 Å². The van der Waals surface area contributed by atoms with Gasteiger partial charge in [-0.15, -0.1) is 0 Å². The first-order valence-corrected chi connectivity index (χ1v) is 6.99. The van der Waals surface area contributed by atoms with Crippen molar-refractivity contribution in [3.8, 4) is 0 Å². The number of rotatable bonds is 4. The van der Waals surface area contributed by atoms with Gasteiger partial charge in [-0.2, -0.15) is 11.8 Å². The minimum absolute atomic E-state index is 0.0868. The molecule has 1 aliphatic carbocycles. The summed E-state index contributed by atoms with van der Waals surface area (Å²) < 4.78 is 5.89. The maximum absolute atomic E-state index is 11.7. The summed E-state index contributed by atoms with van der Waals surface area (Å²) in [6, 6.07) is 1.76. The van der Waals surface area contributed by atoms with E-state index in [1.54, 1.807) is 17.8 Å². The summed E-state index contributed by atoms with van der Waals surface area (Å²) in [7, 11) is 0. The van der Waals surface area contributed by atoms with Gasteiger partial charge in [-0.05, 0) is 34.8 Å². The lowest BCUT2D eigenvalue weighted by atomic mass is 10.3. The molecule has 1 aromatic heterocycles. The molecule has 1 aromatic rings. The van der Waals surface area contributed by atoms with E-state index in [1.165, 1.54) is 31.9 Å². The van der Waals surface area contributed by atoms with Crippen molar-refractivity contribution in [3.63, 3.8) is 0 Å². The van der Waals surface area contributed by atoms with E-state index in [0.29, 0.717) is 16.8 Å². The number of Topliss-reactive ketones (excluding diaryl/α,β-unsaturated/α-hetero) is 1. The van der Waals surface area contributed by atoms with Crippen LogP contribution >= 0.6 is 27.7 Å². The Labute approximate surface area is 102 Å². The molecule has 0 atom stereocenters. The third-order valence-corrected chi connectivity index (χ3v) is 4.62. The van der Waals surface area contributed by atoms with Crippen LogP contribution in [0.2, 0.25) is 0 Å². The summed E-state index contributed by atoms with van der Waals surface area (Å²) in [5, 5.41) is 0.683. The monoisotopic (exact) mass is 288 g/mol. The Morgan fingerprint density at radius 2 is 2.27 bits per heavy atom. The maximum Gasteiger partial charge on any atom is 0.209 e. The molecule has 2 nitrogen and oxygen atoms in total. The molecule has 0 spiro atoms. The molecule has 1 fully saturated rings. The van der Waals surface area contributed by atoms with E-state index in [-0.39, 0.29) is 5.78 Å². The first-order chi connectivity index (χ1) is 7.27. The van der Waals surface area contributed by atoms with Crippen LogP contribution in [0.5, 0.6) is 0 Å². The molecule has 0 bridgehead atoms. The van der Waals surface area contributed by atoms with Crippen molar-refractivity contribution in [1.82, 2.24) is 0 Å². The molecule has 4 heteroatoms. The van der Waals surface area contributed by atoms with E-state index in [4.69, 9.17) is 4.42 Å². The second kappa shape index (κ2) is 5.21. The number of carbonyl (C=O) groups is 1. The Hall–Kier alpha value is -0.220. The molecule has 1 heterocycles. The van der Waals surface area contributed by atoms with Gasteiger partial charge in [0.1, 0.15) is 0 Å². The van der Waals surface area contributed by atoms with Crippen LogP contribution in [0.25, 0.3) is 0 Å². The normalized spacial score (nSPS) is 17.1. The number of ketones is 1. The Kier molecular flexibility index (Phi) is 3.92. The summed E-state index contributed by atoms with van der Waals surface area (Å²) in [6.07, 6.45) is 6.69. The lowest BCUT2D eigenvalue weighted by Gasteiger charge is -2.06. The minimum atomic E-state index is 0.0868. The Morgan fingerprint density at radius 3 is 2.87 bits per heavy atom. The van der Waals surface area contributed by atoms with Gasteiger partial charge in [-0.1, -0.05) is 12.8 Å². The first kappa shape index (κ1) is 11.3. The summed E-state index contributed by atoms with van der Waals surface area (Å²) in [6.45, 7) is 0. The number of halogens is 1. The predicted octanol–water partition coefficient (Wildman–Crippen LogP) is 3.90. The van der Waals surface area contributed by atoms with Crippen LogP contribution in [0, 0.1) is 0 Å². The third kappa shape index (κ3) is 2.88. The maximum atomic E-state index is 11.7. The molecule has 0 aliphatic heterocycles. The van der Waals surface area contributed by atoms with Crippen LogP contribution < -0.4 is 0 Å². The van der Waals surface area contributed by atoms with E-state index in [2.05, 4.69) is 15.9 Å². The summed E-state index contributed by atoms with van der Waals surface area (Å²) in [5.41, 5.74) is 0. The van der Waals surface area contributed by atoms with Gasteiger partial charge in [0.15, 0.2) is 5.76 Å². The predicted molar refractivity (Wildman–Crippen MR) is 65.5 cm³/mol. The molecule has 82 valence electrons. The van der Waals surface area contributed by atoms with Gasteiger partial charge in [0, 0.05) is 5.25 Å². The highest BCUT2D eigenvalue weighted by Crippen LogP contribution is 2.30. The van der Waals surface area contributed by atoms with Crippen molar-refractivity contribution in [2.45, 2.75) is 30.9 Å². The van der Waals surface area contributed by atoms with E-state index in [0.717, 1.165) is 4.47 Å². The van der Waals surface area contributed by atoms with E-state index >= 15 is 0 Å². The largest absolute Gasteiger partial charge is 0.460 e. The van der Waals surface area contributed by atoms with Gasteiger partial charge in [0.25, 0.3) is 0 Å². The molecular formula is C11H13BrO2S. The van der Waals surface area contributed by atoms with Gasteiger partial charge in [0.05, 0.1) is 16.5 Å². The SMILES string of the molecule is O=C(CSC1CCCC1)c1occc1Br. The lowest BCUT2D eigenvalue weighted by molar-refractivity contribution is 0.0991. The van der Waals surface area contributed by atoms with Gasteiger partial charge in [0.2, 0.25) is 5.78 Å². The smallest absolute Gasteiger partial charge is 0.209 e. The Morgan fingerprint density at radius 1 is 1.53 bits per heavy atom. The molecular weight excluding hydrogens is 276 g/mol. The number of furan rings is 1. The van der Waals surface area contributed by atoms with Crippen molar-refractivity contribution >= 4 is 33.5 Å². The fourth-order valence-corrected chi connectivity index (χ4v) is 3.41. The van der Waals surface area contributed by atoms with Gasteiger partial charge in [-0.3, -0.25) is 4.79 Å².